The van der Waals surface area contributed by atoms with E-state index in [1.54, 1.807) is 42.5 Å². The number of carbonyl (C=O) groups is 1. The molecule has 1 saturated heterocycles. The zero-order chi connectivity index (χ0) is 25.7. The molecule has 1 heterocycles. The molecule has 1 aliphatic heterocycles. The number of piperazine rings is 1. The van der Waals surface area contributed by atoms with Gasteiger partial charge in [0.1, 0.15) is 10.8 Å². The van der Waals surface area contributed by atoms with E-state index in [1.807, 2.05) is 17.0 Å². The molecular weight excluding hydrogens is 524 g/mol. The van der Waals surface area contributed by atoms with Crippen LogP contribution in [-0.2, 0) is 4.79 Å². The second-order valence-corrected chi connectivity index (χ2v) is 9.35. The minimum Gasteiger partial charge on any atom is -0.493 e. The molecule has 1 fully saturated rings. The van der Waals surface area contributed by atoms with Crippen LogP contribution in [0.3, 0.4) is 0 Å². The third-order valence-electron chi connectivity index (χ3n) is 5.68. The van der Waals surface area contributed by atoms with Gasteiger partial charge in [0.2, 0.25) is 0 Å². The molecule has 0 aromatic heterocycles. The maximum Gasteiger partial charge on any atom is 0.262 e. The molecule has 10 heteroatoms. The average Bonchev–Trinajstić information content (AvgIpc) is 2.87. The number of hydrogen-bond acceptors (Lipinski definition) is 5. The first kappa shape index (κ1) is 26.0. The monoisotopic (exact) mass is 547 g/mol. The summed E-state index contributed by atoms with van der Waals surface area (Å²) in [5.74, 6) is 0.271. The molecule has 3 aromatic carbocycles. The zero-order valence-electron chi connectivity index (χ0n) is 19.5. The smallest absolute Gasteiger partial charge is 0.262 e. The Morgan fingerprint density at radius 3 is 2.36 bits per heavy atom. The minimum atomic E-state index is -0.372. The fourth-order valence-electron chi connectivity index (χ4n) is 3.93. The maximum atomic E-state index is 14.1. The predicted octanol–water partition coefficient (Wildman–Crippen LogP) is 5.66. The lowest BCUT2D eigenvalue weighted by molar-refractivity contribution is -0.118. The molecule has 0 bridgehead atoms. The highest BCUT2D eigenvalue weighted by Crippen LogP contribution is 2.30. The first-order valence-corrected chi connectivity index (χ1v) is 12.4. The largest absolute Gasteiger partial charge is 0.493 e. The lowest BCUT2D eigenvalue weighted by Crippen LogP contribution is -2.48. The fourth-order valence-corrected chi connectivity index (χ4v) is 4.76. The Hall–Kier alpha value is -3.07. The van der Waals surface area contributed by atoms with Crippen LogP contribution in [-0.4, -0.2) is 55.7 Å². The Morgan fingerprint density at radius 2 is 1.69 bits per heavy atom. The van der Waals surface area contributed by atoms with Crippen molar-refractivity contribution in [3.63, 3.8) is 0 Å². The van der Waals surface area contributed by atoms with Gasteiger partial charge in [-0.25, -0.2) is 4.39 Å². The number of hydrogen-bond donors (Lipinski definition) is 1. The van der Waals surface area contributed by atoms with Gasteiger partial charge < -0.3 is 24.6 Å². The van der Waals surface area contributed by atoms with Crippen molar-refractivity contribution < 1.29 is 18.7 Å². The molecule has 1 amide bonds. The Kier molecular flexibility index (Phi) is 8.51. The molecule has 6 nitrogen and oxygen atoms in total. The SMILES string of the molecule is COc1cc(C(=S)N2CCN(c3ccccc3F)CC2)ccc1OCC(=O)Nc1cc(Cl)cc(Cl)c1. The van der Waals surface area contributed by atoms with Crippen LogP contribution in [0.1, 0.15) is 5.56 Å². The van der Waals surface area contributed by atoms with Crippen LogP contribution in [0, 0.1) is 5.82 Å². The number of para-hydroxylation sites is 1. The van der Waals surface area contributed by atoms with Crippen molar-refractivity contribution in [1.82, 2.24) is 4.90 Å². The molecular formula is C26H24Cl2FN3O3S. The van der Waals surface area contributed by atoms with Crippen LogP contribution in [0.4, 0.5) is 15.8 Å². The molecule has 3 aromatic rings. The molecule has 0 atom stereocenters. The number of rotatable bonds is 7. The van der Waals surface area contributed by atoms with E-state index in [1.165, 1.54) is 13.2 Å². The number of amides is 1. The van der Waals surface area contributed by atoms with Gasteiger partial charge >= 0.3 is 0 Å². The molecule has 188 valence electrons. The molecule has 1 N–H and O–H groups in total. The summed E-state index contributed by atoms with van der Waals surface area (Å²) in [6.07, 6.45) is 0. The number of ether oxygens (including phenoxy) is 2. The second-order valence-electron chi connectivity index (χ2n) is 8.09. The van der Waals surface area contributed by atoms with Crippen molar-refractivity contribution in [2.45, 2.75) is 0 Å². The van der Waals surface area contributed by atoms with Crippen molar-refractivity contribution >= 4 is 57.7 Å². The number of carbonyl (C=O) groups excluding carboxylic acids is 1. The van der Waals surface area contributed by atoms with Gasteiger partial charge in [-0.2, -0.15) is 0 Å². The predicted molar refractivity (Wildman–Crippen MR) is 145 cm³/mol. The van der Waals surface area contributed by atoms with Gasteiger partial charge in [-0.3, -0.25) is 4.79 Å². The molecule has 4 rings (SSSR count). The first-order valence-electron chi connectivity index (χ1n) is 11.2. The quantitative estimate of drug-likeness (QED) is 0.385. The second kappa shape index (κ2) is 11.8. The van der Waals surface area contributed by atoms with Crippen LogP contribution in [0.5, 0.6) is 11.5 Å². The van der Waals surface area contributed by atoms with E-state index in [9.17, 15) is 9.18 Å². The summed E-state index contributed by atoms with van der Waals surface area (Å²) >= 11 is 17.7. The molecule has 0 spiro atoms. The van der Waals surface area contributed by atoms with E-state index >= 15 is 0 Å². The highest BCUT2D eigenvalue weighted by atomic mass is 35.5. The van der Waals surface area contributed by atoms with Crippen molar-refractivity contribution in [2.75, 3.05) is 50.1 Å². The van der Waals surface area contributed by atoms with Gasteiger partial charge in [-0.1, -0.05) is 47.6 Å². The topological polar surface area (TPSA) is 54.0 Å². The standard InChI is InChI=1S/C26H24Cl2FN3O3S/c1-34-24-12-17(26(36)32-10-8-31(9-11-32)22-5-3-2-4-21(22)29)6-7-23(24)35-16-25(33)30-20-14-18(27)13-19(28)15-20/h2-7,12-15H,8-11,16H2,1H3,(H,30,33). The number of nitrogens with one attached hydrogen (secondary N) is 1. The number of halogens is 3. The van der Waals surface area contributed by atoms with Crippen LogP contribution >= 0.6 is 35.4 Å². The summed E-state index contributed by atoms with van der Waals surface area (Å²) in [4.78, 5) is 17.1. The van der Waals surface area contributed by atoms with Gasteiger partial charge in [0.05, 0.1) is 12.8 Å². The lowest BCUT2D eigenvalue weighted by atomic mass is 10.1. The van der Waals surface area contributed by atoms with Gasteiger partial charge in [0, 0.05) is 47.5 Å². The Balaban J connectivity index is 1.35. The summed E-state index contributed by atoms with van der Waals surface area (Å²) in [5.41, 5.74) is 1.88. The molecule has 1 aliphatic rings. The number of nitrogens with zero attached hydrogens (tertiary/aromatic N) is 2. The molecule has 0 aliphatic carbocycles. The maximum absolute atomic E-state index is 14.1. The van der Waals surface area contributed by atoms with Crippen molar-refractivity contribution in [3.05, 3.63) is 82.1 Å². The molecule has 0 saturated carbocycles. The minimum absolute atomic E-state index is 0.223. The highest BCUT2D eigenvalue weighted by Gasteiger charge is 2.22. The summed E-state index contributed by atoms with van der Waals surface area (Å²) in [5, 5.41) is 3.53. The van der Waals surface area contributed by atoms with Crippen LogP contribution in [0.15, 0.2) is 60.7 Å². The third kappa shape index (κ3) is 6.37. The third-order valence-corrected chi connectivity index (χ3v) is 6.61. The van der Waals surface area contributed by atoms with E-state index < -0.39 is 0 Å². The summed E-state index contributed by atoms with van der Waals surface area (Å²) in [6.45, 7) is 2.42. The molecule has 0 unspecified atom stereocenters. The summed E-state index contributed by atoms with van der Waals surface area (Å²) < 4.78 is 25.3. The Bertz CT molecular complexity index is 1250. The van der Waals surface area contributed by atoms with Gasteiger partial charge in [0.15, 0.2) is 18.1 Å². The van der Waals surface area contributed by atoms with Crippen LogP contribution < -0.4 is 19.7 Å². The van der Waals surface area contributed by atoms with Crippen molar-refractivity contribution in [3.8, 4) is 11.5 Å². The Labute approximate surface area is 224 Å². The average molecular weight is 548 g/mol. The number of benzene rings is 3. The van der Waals surface area contributed by atoms with E-state index in [0.717, 1.165) is 5.56 Å². The van der Waals surface area contributed by atoms with E-state index in [4.69, 9.17) is 44.9 Å². The highest BCUT2D eigenvalue weighted by molar-refractivity contribution is 7.80. The van der Waals surface area contributed by atoms with Gasteiger partial charge in [-0.05, 0) is 48.5 Å². The lowest BCUT2D eigenvalue weighted by Gasteiger charge is -2.37. The summed E-state index contributed by atoms with van der Waals surface area (Å²) in [7, 11) is 1.52. The van der Waals surface area contributed by atoms with Gasteiger partial charge in [-0.15, -0.1) is 0 Å². The van der Waals surface area contributed by atoms with E-state index in [2.05, 4.69) is 10.2 Å². The Morgan fingerprint density at radius 1 is 1.00 bits per heavy atom. The van der Waals surface area contributed by atoms with E-state index in [-0.39, 0.29) is 18.3 Å². The molecule has 36 heavy (non-hydrogen) atoms. The van der Waals surface area contributed by atoms with Crippen LogP contribution in [0.25, 0.3) is 0 Å². The van der Waals surface area contributed by atoms with Crippen molar-refractivity contribution in [2.24, 2.45) is 0 Å². The van der Waals surface area contributed by atoms with Crippen LogP contribution in [0.2, 0.25) is 10.0 Å². The zero-order valence-corrected chi connectivity index (χ0v) is 21.8. The normalized spacial score (nSPS) is 13.3. The summed E-state index contributed by atoms with van der Waals surface area (Å²) in [6, 6.07) is 16.9. The van der Waals surface area contributed by atoms with Gasteiger partial charge in [0.25, 0.3) is 5.91 Å². The first-order chi connectivity index (χ1) is 17.3. The van der Waals surface area contributed by atoms with Crippen molar-refractivity contribution in [1.29, 1.82) is 0 Å². The van der Waals surface area contributed by atoms with E-state index in [0.29, 0.717) is 64.1 Å². The number of anilines is 2. The number of methoxy groups -OCH3 is 1. The fraction of sp³-hybridized carbons (Fsp3) is 0.231. The number of thiocarbonyl (C=S) groups is 1. The molecule has 0 radical (unpaired) electrons.